The summed E-state index contributed by atoms with van der Waals surface area (Å²) in [5.74, 6) is -1.39. The summed E-state index contributed by atoms with van der Waals surface area (Å²) in [6.45, 7) is 3.05. The molecule has 2 atom stereocenters. The molecule has 1 amide bonds. The summed E-state index contributed by atoms with van der Waals surface area (Å²) in [4.78, 5) is 40.4. The Labute approximate surface area is 197 Å². The Bertz CT molecular complexity index is 800. The van der Waals surface area contributed by atoms with E-state index in [9.17, 15) is 19.5 Å². The number of nitrogens with zero attached hydrogens (tertiary/aromatic N) is 1. The monoisotopic (exact) mass is 457 g/mol. The third kappa shape index (κ3) is 6.66. The second-order valence-corrected chi connectivity index (χ2v) is 10.3. The topological polar surface area (TPSA) is 83.9 Å². The fourth-order valence-corrected chi connectivity index (χ4v) is 4.99. The van der Waals surface area contributed by atoms with Crippen molar-refractivity contribution in [2.75, 3.05) is 13.2 Å². The first-order valence-corrected chi connectivity index (χ1v) is 12.5. The normalized spacial score (nSPS) is 20.8. The van der Waals surface area contributed by atoms with E-state index in [0.29, 0.717) is 18.9 Å². The maximum absolute atomic E-state index is 13.3. The number of hydrogen-bond donors (Lipinski definition) is 1. The number of carbonyl (C=O) groups excluding carboxylic acids is 3. The smallest absolute Gasteiger partial charge is 0.329 e. The zero-order valence-electron chi connectivity index (χ0n) is 20.1. The molecule has 1 aliphatic heterocycles. The van der Waals surface area contributed by atoms with Crippen molar-refractivity contribution >= 4 is 17.7 Å². The Hall–Kier alpha value is -2.21. The quantitative estimate of drug-likeness (QED) is 0.446. The number of hydrogen-bond acceptors (Lipinski definition) is 5. The van der Waals surface area contributed by atoms with Crippen LogP contribution in [0.25, 0.3) is 0 Å². The van der Waals surface area contributed by atoms with Crippen molar-refractivity contribution in [1.29, 1.82) is 0 Å². The molecule has 1 saturated heterocycles. The molecular formula is C27H39NO5. The molecule has 1 aromatic rings. The summed E-state index contributed by atoms with van der Waals surface area (Å²) < 4.78 is 6.13. The minimum absolute atomic E-state index is 0.179. The molecular weight excluding hydrogens is 418 g/mol. The van der Waals surface area contributed by atoms with Gasteiger partial charge < -0.3 is 14.7 Å². The number of benzene rings is 1. The van der Waals surface area contributed by atoms with Crippen molar-refractivity contribution in [3.63, 3.8) is 0 Å². The highest BCUT2D eigenvalue weighted by molar-refractivity contribution is 6.38. The minimum atomic E-state index is -1.16. The number of rotatable bonds is 9. The van der Waals surface area contributed by atoms with Crippen molar-refractivity contribution in [1.82, 2.24) is 4.90 Å². The highest BCUT2D eigenvalue weighted by Gasteiger charge is 2.42. The van der Waals surface area contributed by atoms with E-state index in [1.54, 1.807) is 13.8 Å². The molecule has 2 aliphatic rings. The number of aryl methyl sites for hydroxylation is 1. The van der Waals surface area contributed by atoms with Crippen LogP contribution in [-0.2, 0) is 25.5 Å². The largest absolute Gasteiger partial charge is 0.461 e. The van der Waals surface area contributed by atoms with E-state index in [2.05, 4.69) is 12.1 Å². The third-order valence-electron chi connectivity index (χ3n) is 7.24. The van der Waals surface area contributed by atoms with Crippen molar-refractivity contribution in [3.05, 3.63) is 35.9 Å². The van der Waals surface area contributed by atoms with Gasteiger partial charge >= 0.3 is 5.97 Å². The number of amides is 1. The van der Waals surface area contributed by atoms with E-state index in [1.165, 1.54) is 16.9 Å². The summed E-state index contributed by atoms with van der Waals surface area (Å²) in [5, 5.41) is 9.52. The fraction of sp³-hybridized carbons (Fsp3) is 0.667. The molecule has 33 heavy (non-hydrogen) atoms. The van der Waals surface area contributed by atoms with Gasteiger partial charge in [0.25, 0.3) is 5.91 Å². The predicted molar refractivity (Wildman–Crippen MR) is 126 cm³/mol. The number of likely N-dealkylation sites (tertiary alicyclic amines) is 1. The first-order valence-electron chi connectivity index (χ1n) is 12.5. The summed E-state index contributed by atoms with van der Waals surface area (Å²) in [6, 6.07) is 9.50. The van der Waals surface area contributed by atoms with Gasteiger partial charge in [0.15, 0.2) is 0 Å². The first-order chi connectivity index (χ1) is 15.8. The summed E-state index contributed by atoms with van der Waals surface area (Å²) in [5.41, 5.74) is 0.0594. The summed E-state index contributed by atoms with van der Waals surface area (Å²) in [6.07, 6.45) is 9.15. The van der Waals surface area contributed by atoms with Crippen LogP contribution in [-0.4, -0.2) is 53.0 Å². The molecule has 0 bridgehead atoms. The van der Waals surface area contributed by atoms with E-state index >= 15 is 0 Å². The number of carbonyl (C=O) groups is 3. The van der Waals surface area contributed by atoms with Gasteiger partial charge in [0.05, 0.1) is 12.0 Å². The zero-order chi connectivity index (χ0) is 23.8. The van der Waals surface area contributed by atoms with Crippen molar-refractivity contribution in [3.8, 4) is 0 Å². The van der Waals surface area contributed by atoms with Gasteiger partial charge in [-0.3, -0.25) is 9.59 Å². The van der Waals surface area contributed by atoms with E-state index < -0.39 is 29.8 Å². The lowest BCUT2D eigenvalue weighted by atomic mass is 9.83. The van der Waals surface area contributed by atoms with Crippen LogP contribution in [0.1, 0.15) is 77.2 Å². The fourth-order valence-electron chi connectivity index (χ4n) is 4.99. The molecule has 3 rings (SSSR count). The Morgan fingerprint density at radius 2 is 1.70 bits per heavy atom. The molecule has 182 valence electrons. The van der Waals surface area contributed by atoms with Crippen LogP contribution in [0, 0.1) is 11.3 Å². The minimum Gasteiger partial charge on any atom is -0.461 e. The van der Waals surface area contributed by atoms with Gasteiger partial charge in [-0.1, -0.05) is 63.4 Å². The molecule has 0 aromatic heterocycles. The molecule has 1 heterocycles. The molecule has 1 aromatic carbocycles. The van der Waals surface area contributed by atoms with Crippen LogP contribution in [0.3, 0.4) is 0 Å². The van der Waals surface area contributed by atoms with Gasteiger partial charge in [-0.15, -0.1) is 0 Å². The molecule has 2 fully saturated rings. The van der Waals surface area contributed by atoms with Crippen LogP contribution >= 0.6 is 0 Å². The van der Waals surface area contributed by atoms with E-state index in [4.69, 9.17) is 4.74 Å². The van der Waals surface area contributed by atoms with Crippen LogP contribution in [0.15, 0.2) is 30.3 Å². The lowest BCUT2D eigenvalue weighted by Gasteiger charge is -2.37. The Kier molecular flexibility index (Phi) is 9.07. The lowest BCUT2D eigenvalue weighted by molar-refractivity contribution is -0.167. The SMILES string of the molecule is CC(C)(CO)C(=O)C(=O)N1CCCCC1C(=O)OC(CCc1ccccc1)C1CCCCC1. The zero-order valence-corrected chi connectivity index (χ0v) is 20.1. The molecule has 1 N–H and O–H groups in total. The number of ketones is 1. The van der Waals surface area contributed by atoms with Crippen LogP contribution < -0.4 is 0 Å². The van der Waals surface area contributed by atoms with Crippen LogP contribution in [0.4, 0.5) is 0 Å². The summed E-state index contributed by atoms with van der Waals surface area (Å²) >= 11 is 0. The van der Waals surface area contributed by atoms with Gasteiger partial charge in [0, 0.05) is 6.54 Å². The average Bonchev–Trinajstić information content (AvgIpc) is 2.86. The lowest BCUT2D eigenvalue weighted by Crippen LogP contribution is -2.54. The molecule has 0 spiro atoms. The number of aliphatic hydroxyl groups excluding tert-OH is 1. The Morgan fingerprint density at radius 3 is 2.36 bits per heavy atom. The Morgan fingerprint density at radius 1 is 1.03 bits per heavy atom. The molecule has 1 aliphatic carbocycles. The van der Waals surface area contributed by atoms with Gasteiger partial charge in [-0.25, -0.2) is 4.79 Å². The molecule has 6 nitrogen and oxygen atoms in total. The number of aliphatic hydroxyl groups is 1. The number of esters is 1. The van der Waals surface area contributed by atoms with Crippen molar-refractivity contribution in [2.24, 2.45) is 11.3 Å². The van der Waals surface area contributed by atoms with Gasteiger partial charge in [0.2, 0.25) is 5.78 Å². The van der Waals surface area contributed by atoms with E-state index in [1.807, 2.05) is 18.2 Å². The first kappa shape index (κ1) is 25.4. The third-order valence-corrected chi connectivity index (χ3v) is 7.24. The molecule has 0 radical (unpaired) electrons. The van der Waals surface area contributed by atoms with Gasteiger partial charge in [-0.2, -0.15) is 0 Å². The second kappa shape index (κ2) is 11.8. The Balaban J connectivity index is 1.71. The van der Waals surface area contributed by atoms with Gasteiger partial charge in [-0.05, 0) is 56.4 Å². The van der Waals surface area contributed by atoms with Crippen LogP contribution in [0.2, 0.25) is 0 Å². The number of ether oxygens (including phenoxy) is 1. The number of piperidine rings is 1. The summed E-state index contributed by atoms with van der Waals surface area (Å²) in [7, 11) is 0. The number of Topliss-reactive ketones (excluding diaryl/α,β-unsaturated/α-hetero) is 1. The van der Waals surface area contributed by atoms with Crippen molar-refractivity contribution < 1.29 is 24.2 Å². The average molecular weight is 458 g/mol. The molecule has 1 saturated carbocycles. The van der Waals surface area contributed by atoms with Crippen LogP contribution in [0.5, 0.6) is 0 Å². The van der Waals surface area contributed by atoms with Crippen molar-refractivity contribution in [2.45, 2.75) is 90.2 Å². The predicted octanol–water partition coefficient (Wildman–Crippen LogP) is 4.08. The maximum Gasteiger partial charge on any atom is 0.329 e. The molecule has 2 unspecified atom stereocenters. The highest BCUT2D eigenvalue weighted by atomic mass is 16.5. The second-order valence-electron chi connectivity index (χ2n) is 10.3. The van der Waals surface area contributed by atoms with Gasteiger partial charge in [0.1, 0.15) is 12.1 Å². The van der Waals surface area contributed by atoms with E-state index in [0.717, 1.165) is 51.4 Å². The standard InChI is InChI=1S/C27H39NO5/c1-27(2,19-29)24(30)25(31)28-18-10-9-15-22(28)26(32)33-23(21-13-7-4-8-14-21)17-16-20-11-5-3-6-12-20/h3,5-6,11-12,21-23,29H,4,7-10,13-19H2,1-2H3. The van der Waals surface area contributed by atoms with E-state index in [-0.39, 0.29) is 12.1 Å². The maximum atomic E-state index is 13.3. The molecule has 6 heteroatoms. The highest BCUT2D eigenvalue weighted by Crippen LogP contribution is 2.31.